The van der Waals surface area contributed by atoms with Gasteiger partial charge in [-0.2, -0.15) is 0 Å². The molecule has 2 aromatic rings. The third-order valence-electron chi connectivity index (χ3n) is 2.78. The zero-order valence-corrected chi connectivity index (χ0v) is 11.7. The van der Waals surface area contributed by atoms with Gasteiger partial charge in [0.1, 0.15) is 11.6 Å². The molecule has 2 aromatic carbocycles. The van der Waals surface area contributed by atoms with Gasteiger partial charge in [0.15, 0.2) is 0 Å². The van der Waals surface area contributed by atoms with E-state index in [1.165, 1.54) is 31.2 Å². The van der Waals surface area contributed by atoms with Crippen molar-refractivity contribution in [3.63, 3.8) is 0 Å². The monoisotopic (exact) mass is 311 g/mol. The van der Waals surface area contributed by atoms with Crippen molar-refractivity contribution in [2.75, 3.05) is 0 Å². The number of halogens is 2. The minimum atomic E-state index is -0.842. The third kappa shape index (κ3) is 3.56. The lowest BCUT2D eigenvalue weighted by Gasteiger charge is -2.08. The molecule has 2 rings (SSSR count). The van der Waals surface area contributed by atoms with Crippen molar-refractivity contribution < 1.29 is 18.8 Å². The van der Waals surface area contributed by atoms with Gasteiger partial charge in [-0.15, -0.1) is 0 Å². The number of benzene rings is 2. The van der Waals surface area contributed by atoms with Gasteiger partial charge >= 0.3 is 0 Å². The standard InChI is InChI=1S/C14H11F2NO3S/c1-8(18)9-2-4-14(12(6-9)17(19)20)21-13-5-3-10(15)7-11(13)16/h2-8,18H,1H3/t8-/m1/s1. The van der Waals surface area contributed by atoms with E-state index < -0.39 is 22.7 Å². The van der Waals surface area contributed by atoms with E-state index in [0.717, 1.165) is 23.9 Å². The number of aliphatic hydroxyl groups excluding tert-OH is 1. The van der Waals surface area contributed by atoms with Crippen LogP contribution in [0.2, 0.25) is 0 Å². The van der Waals surface area contributed by atoms with E-state index in [1.54, 1.807) is 0 Å². The fraction of sp³-hybridized carbons (Fsp3) is 0.143. The summed E-state index contributed by atoms with van der Waals surface area (Å²) in [6, 6.07) is 7.24. The molecule has 0 aromatic heterocycles. The van der Waals surface area contributed by atoms with Gasteiger partial charge in [0.2, 0.25) is 0 Å². The molecule has 0 heterocycles. The first kappa shape index (κ1) is 15.4. The maximum absolute atomic E-state index is 13.6. The molecule has 0 amide bonds. The first-order chi connectivity index (χ1) is 9.88. The van der Waals surface area contributed by atoms with Gasteiger partial charge in [-0.1, -0.05) is 17.8 Å². The van der Waals surface area contributed by atoms with Crippen LogP contribution in [0.1, 0.15) is 18.6 Å². The Balaban J connectivity index is 2.41. The first-order valence-corrected chi connectivity index (χ1v) is 6.79. The van der Waals surface area contributed by atoms with Crippen LogP contribution in [-0.4, -0.2) is 10.0 Å². The van der Waals surface area contributed by atoms with Crippen LogP contribution in [-0.2, 0) is 0 Å². The highest BCUT2D eigenvalue weighted by atomic mass is 32.2. The van der Waals surface area contributed by atoms with Gasteiger partial charge in [-0.3, -0.25) is 10.1 Å². The molecule has 0 saturated heterocycles. The molecule has 0 saturated carbocycles. The predicted molar refractivity (Wildman–Crippen MR) is 74.2 cm³/mol. The van der Waals surface area contributed by atoms with Crippen LogP contribution in [0.5, 0.6) is 0 Å². The molecule has 0 spiro atoms. The number of rotatable bonds is 4. The molecular weight excluding hydrogens is 300 g/mol. The zero-order valence-electron chi connectivity index (χ0n) is 10.9. The van der Waals surface area contributed by atoms with Gasteiger partial charge < -0.3 is 5.11 Å². The summed E-state index contributed by atoms with van der Waals surface area (Å²) in [7, 11) is 0. The molecule has 0 aliphatic heterocycles. The number of nitro groups is 1. The number of hydrogen-bond donors (Lipinski definition) is 1. The van der Waals surface area contributed by atoms with Crippen LogP contribution in [0.25, 0.3) is 0 Å². The summed E-state index contributed by atoms with van der Waals surface area (Å²) >= 11 is 0.833. The Morgan fingerprint density at radius 3 is 2.43 bits per heavy atom. The maximum atomic E-state index is 13.6. The van der Waals surface area contributed by atoms with Gasteiger partial charge in [0.05, 0.1) is 15.9 Å². The normalized spacial score (nSPS) is 12.2. The molecule has 110 valence electrons. The lowest BCUT2D eigenvalue weighted by molar-refractivity contribution is -0.387. The predicted octanol–water partition coefficient (Wildman–Crippen LogP) is 4.08. The second kappa shape index (κ2) is 6.19. The fourth-order valence-corrected chi connectivity index (χ4v) is 2.60. The van der Waals surface area contributed by atoms with Crippen LogP contribution < -0.4 is 0 Å². The summed E-state index contributed by atoms with van der Waals surface area (Å²) in [4.78, 5) is 10.8. The highest BCUT2D eigenvalue weighted by Crippen LogP contribution is 2.37. The van der Waals surface area contributed by atoms with Gasteiger partial charge in [-0.05, 0) is 30.7 Å². The van der Waals surface area contributed by atoms with E-state index >= 15 is 0 Å². The fourth-order valence-electron chi connectivity index (χ4n) is 1.70. The zero-order chi connectivity index (χ0) is 15.6. The van der Waals surface area contributed by atoms with E-state index in [1.807, 2.05) is 0 Å². The number of nitrogens with zero attached hydrogens (tertiary/aromatic N) is 1. The molecule has 0 radical (unpaired) electrons. The number of aliphatic hydroxyl groups is 1. The molecule has 0 aliphatic carbocycles. The van der Waals surface area contributed by atoms with Crippen molar-refractivity contribution in [3.8, 4) is 0 Å². The number of nitro benzene ring substituents is 1. The van der Waals surface area contributed by atoms with Crippen molar-refractivity contribution in [1.82, 2.24) is 0 Å². The average molecular weight is 311 g/mol. The smallest absolute Gasteiger partial charge is 0.283 e. The van der Waals surface area contributed by atoms with Gasteiger partial charge in [0.25, 0.3) is 5.69 Å². The Hall–Kier alpha value is -1.99. The maximum Gasteiger partial charge on any atom is 0.283 e. The topological polar surface area (TPSA) is 63.4 Å². The Kier molecular flexibility index (Phi) is 4.54. The summed E-state index contributed by atoms with van der Waals surface area (Å²) in [5.41, 5.74) is 0.160. The SMILES string of the molecule is C[C@@H](O)c1ccc(Sc2ccc(F)cc2F)c([N+](=O)[O-])c1. The van der Waals surface area contributed by atoms with Crippen LogP contribution in [0.3, 0.4) is 0 Å². The van der Waals surface area contributed by atoms with E-state index in [2.05, 4.69) is 0 Å². The van der Waals surface area contributed by atoms with Crippen molar-refractivity contribution >= 4 is 17.4 Å². The quantitative estimate of drug-likeness (QED) is 0.682. The molecule has 7 heteroatoms. The first-order valence-electron chi connectivity index (χ1n) is 5.98. The molecule has 0 fully saturated rings. The van der Waals surface area contributed by atoms with E-state index in [0.29, 0.717) is 5.56 Å². The average Bonchev–Trinajstić information content (AvgIpc) is 2.41. The highest BCUT2D eigenvalue weighted by Gasteiger charge is 2.18. The van der Waals surface area contributed by atoms with Crippen LogP contribution in [0.4, 0.5) is 14.5 Å². The van der Waals surface area contributed by atoms with Gasteiger partial charge in [0, 0.05) is 17.0 Å². The molecular formula is C14H11F2NO3S. The molecule has 0 aliphatic rings. The molecule has 1 atom stereocenters. The summed E-state index contributed by atoms with van der Waals surface area (Å²) in [5.74, 6) is -1.50. The van der Waals surface area contributed by atoms with Crippen LogP contribution in [0, 0.1) is 21.7 Å². The molecule has 1 N–H and O–H groups in total. The summed E-state index contributed by atoms with van der Waals surface area (Å²) < 4.78 is 26.5. The largest absolute Gasteiger partial charge is 0.389 e. The molecule has 0 unspecified atom stereocenters. The van der Waals surface area contributed by atoms with Crippen molar-refractivity contribution in [2.45, 2.75) is 22.8 Å². The Labute approximate surface area is 123 Å². The van der Waals surface area contributed by atoms with Crippen molar-refractivity contribution in [2.24, 2.45) is 0 Å². The lowest BCUT2D eigenvalue weighted by atomic mass is 10.1. The minimum Gasteiger partial charge on any atom is -0.389 e. The summed E-state index contributed by atoms with van der Waals surface area (Å²) in [6.45, 7) is 1.49. The Morgan fingerprint density at radius 2 is 1.86 bits per heavy atom. The van der Waals surface area contributed by atoms with Crippen molar-refractivity contribution in [1.29, 1.82) is 0 Å². The lowest BCUT2D eigenvalue weighted by Crippen LogP contribution is -1.96. The Morgan fingerprint density at radius 1 is 1.19 bits per heavy atom. The second-order valence-corrected chi connectivity index (χ2v) is 5.42. The van der Waals surface area contributed by atoms with E-state index in [-0.39, 0.29) is 15.5 Å². The second-order valence-electron chi connectivity index (χ2n) is 4.34. The summed E-state index contributed by atoms with van der Waals surface area (Å²) in [6.07, 6.45) is -0.842. The van der Waals surface area contributed by atoms with E-state index in [9.17, 15) is 24.0 Å². The van der Waals surface area contributed by atoms with Gasteiger partial charge in [-0.25, -0.2) is 8.78 Å². The van der Waals surface area contributed by atoms with Crippen molar-refractivity contribution in [3.05, 3.63) is 63.7 Å². The highest BCUT2D eigenvalue weighted by molar-refractivity contribution is 7.99. The van der Waals surface area contributed by atoms with E-state index in [4.69, 9.17) is 0 Å². The molecule has 4 nitrogen and oxygen atoms in total. The molecule has 21 heavy (non-hydrogen) atoms. The third-order valence-corrected chi connectivity index (χ3v) is 3.89. The Bertz CT molecular complexity index is 692. The molecule has 0 bridgehead atoms. The van der Waals surface area contributed by atoms with Crippen LogP contribution in [0.15, 0.2) is 46.2 Å². The minimum absolute atomic E-state index is 0.0873. The van der Waals surface area contributed by atoms with Crippen LogP contribution >= 0.6 is 11.8 Å². The number of hydrogen-bond acceptors (Lipinski definition) is 4. The summed E-state index contributed by atoms with van der Waals surface area (Å²) in [5, 5.41) is 20.5.